The van der Waals surface area contributed by atoms with Crippen LogP contribution in [0.5, 0.6) is 0 Å². The standard InChI is InChI=1S/C16H20N2O3/c19-15(18-7-3-4-11(10-18)16(20)21)8-12-9-17-14-6-2-1-5-13(12)14/h1-2,5-6,11-12,17H,3-4,7-10H2,(H,20,21)/t11-,12?/m1/s1. The lowest BCUT2D eigenvalue weighted by atomic mass is 9.94. The van der Waals surface area contributed by atoms with E-state index in [4.69, 9.17) is 5.11 Å². The SMILES string of the molecule is O=C(O)[C@@H]1CCCN(C(=O)CC2CNc3ccccc32)C1. The lowest BCUT2D eigenvalue weighted by Gasteiger charge is -2.31. The molecule has 1 unspecified atom stereocenters. The summed E-state index contributed by atoms with van der Waals surface area (Å²) in [4.78, 5) is 25.2. The van der Waals surface area contributed by atoms with Gasteiger partial charge in [-0.05, 0) is 24.5 Å². The van der Waals surface area contributed by atoms with Gasteiger partial charge in [0.05, 0.1) is 5.92 Å². The van der Waals surface area contributed by atoms with Crippen molar-refractivity contribution in [3.05, 3.63) is 29.8 Å². The van der Waals surface area contributed by atoms with Crippen LogP contribution in [0.4, 0.5) is 5.69 Å². The third kappa shape index (κ3) is 2.86. The molecule has 2 aliphatic heterocycles. The fourth-order valence-corrected chi connectivity index (χ4v) is 3.28. The van der Waals surface area contributed by atoms with Crippen LogP contribution in [0.15, 0.2) is 24.3 Å². The number of para-hydroxylation sites is 1. The van der Waals surface area contributed by atoms with E-state index < -0.39 is 11.9 Å². The number of nitrogens with zero attached hydrogens (tertiary/aromatic N) is 1. The van der Waals surface area contributed by atoms with E-state index in [1.807, 2.05) is 18.2 Å². The number of likely N-dealkylation sites (tertiary alicyclic amines) is 1. The number of hydrogen-bond donors (Lipinski definition) is 2. The van der Waals surface area contributed by atoms with Gasteiger partial charge in [0.15, 0.2) is 0 Å². The summed E-state index contributed by atoms with van der Waals surface area (Å²) < 4.78 is 0. The zero-order chi connectivity index (χ0) is 14.8. The minimum absolute atomic E-state index is 0.0736. The fourth-order valence-electron chi connectivity index (χ4n) is 3.28. The van der Waals surface area contributed by atoms with E-state index in [2.05, 4.69) is 11.4 Å². The van der Waals surface area contributed by atoms with E-state index in [-0.39, 0.29) is 11.8 Å². The van der Waals surface area contributed by atoms with Crippen molar-refractivity contribution in [3.63, 3.8) is 0 Å². The first-order valence-corrected chi connectivity index (χ1v) is 7.48. The Bertz CT molecular complexity index is 558. The van der Waals surface area contributed by atoms with Gasteiger partial charge in [-0.1, -0.05) is 18.2 Å². The second-order valence-electron chi connectivity index (χ2n) is 5.89. The second kappa shape index (κ2) is 5.76. The van der Waals surface area contributed by atoms with Gasteiger partial charge in [0.25, 0.3) is 0 Å². The number of aliphatic carboxylic acids is 1. The molecule has 0 aliphatic carbocycles. The van der Waals surface area contributed by atoms with Crippen molar-refractivity contribution >= 4 is 17.6 Å². The summed E-state index contributed by atoms with van der Waals surface area (Å²) in [6.07, 6.45) is 1.91. The first-order valence-electron chi connectivity index (χ1n) is 7.48. The van der Waals surface area contributed by atoms with E-state index in [1.54, 1.807) is 4.90 Å². The Morgan fingerprint density at radius 1 is 1.33 bits per heavy atom. The van der Waals surface area contributed by atoms with Gasteiger partial charge in [-0.2, -0.15) is 0 Å². The van der Waals surface area contributed by atoms with Crippen LogP contribution in [0, 0.1) is 5.92 Å². The number of anilines is 1. The molecule has 5 nitrogen and oxygen atoms in total. The van der Waals surface area contributed by atoms with Crippen molar-refractivity contribution in [2.45, 2.75) is 25.2 Å². The molecule has 2 aliphatic rings. The van der Waals surface area contributed by atoms with Crippen molar-refractivity contribution in [2.24, 2.45) is 5.92 Å². The van der Waals surface area contributed by atoms with Crippen molar-refractivity contribution in [2.75, 3.05) is 25.0 Å². The Morgan fingerprint density at radius 2 is 2.14 bits per heavy atom. The molecule has 0 bridgehead atoms. The Hall–Kier alpha value is -2.04. The van der Waals surface area contributed by atoms with Gasteiger partial charge in [-0.15, -0.1) is 0 Å². The van der Waals surface area contributed by atoms with Gasteiger partial charge in [0, 0.05) is 37.7 Å². The molecule has 1 saturated heterocycles. The second-order valence-corrected chi connectivity index (χ2v) is 5.89. The summed E-state index contributed by atoms with van der Waals surface area (Å²) in [7, 11) is 0. The Balaban J connectivity index is 1.63. The van der Waals surface area contributed by atoms with Crippen LogP contribution in [-0.2, 0) is 9.59 Å². The molecule has 2 heterocycles. The van der Waals surface area contributed by atoms with Crippen molar-refractivity contribution < 1.29 is 14.7 Å². The number of fused-ring (bicyclic) bond motifs is 1. The first kappa shape index (κ1) is 13.9. The number of carbonyl (C=O) groups is 2. The molecule has 5 heteroatoms. The summed E-state index contributed by atoms with van der Waals surface area (Å²) in [5, 5.41) is 12.4. The number of hydrogen-bond acceptors (Lipinski definition) is 3. The van der Waals surface area contributed by atoms with E-state index in [0.717, 1.165) is 18.7 Å². The number of rotatable bonds is 3. The molecule has 3 rings (SSSR count). The van der Waals surface area contributed by atoms with Crippen molar-refractivity contribution in [1.82, 2.24) is 4.90 Å². The average molecular weight is 288 g/mol. The van der Waals surface area contributed by atoms with E-state index >= 15 is 0 Å². The number of nitrogens with one attached hydrogen (secondary N) is 1. The van der Waals surface area contributed by atoms with E-state index in [1.165, 1.54) is 5.56 Å². The number of carbonyl (C=O) groups excluding carboxylic acids is 1. The van der Waals surface area contributed by atoms with Crippen molar-refractivity contribution in [1.29, 1.82) is 0 Å². The number of carboxylic acid groups (broad SMARTS) is 1. The minimum atomic E-state index is -0.791. The molecule has 0 saturated carbocycles. The summed E-state index contributed by atoms with van der Waals surface area (Å²) in [6, 6.07) is 8.06. The van der Waals surface area contributed by atoms with Crippen LogP contribution in [0.25, 0.3) is 0 Å². The molecule has 1 aromatic rings. The summed E-state index contributed by atoms with van der Waals surface area (Å²) in [6.45, 7) is 1.82. The monoisotopic (exact) mass is 288 g/mol. The van der Waals surface area contributed by atoms with Gasteiger partial charge < -0.3 is 15.3 Å². The first-order chi connectivity index (χ1) is 10.1. The molecular weight excluding hydrogens is 268 g/mol. The average Bonchev–Trinajstić information content (AvgIpc) is 2.91. The van der Waals surface area contributed by atoms with Crippen LogP contribution >= 0.6 is 0 Å². The quantitative estimate of drug-likeness (QED) is 0.891. The number of carboxylic acids is 1. The summed E-state index contributed by atoms with van der Waals surface area (Å²) in [5.41, 5.74) is 2.30. The minimum Gasteiger partial charge on any atom is -0.481 e. The molecule has 0 aromatic heterocycles. The summed E-state index contributed by atoms with van der Waals surface area (Å²) in [5.74, 6) is -0.930. The molecule has 1 fully saturated rings. The Kier molecular flexibility index (Phi) is 3.82. The zero-order valence-corrected chi connectivity index (χ0v) is 11.9. The molecule has 2 N–H and O–H groups in total. The molecule has 0 spiro atoms. The van der Waals surface area contributed by atoms with Crippen LogP contribution in [-0.4, -0.2) is 41.5 Å². The van der Waals surface area contributed by atoms with Crippen molar-refractivity contribution in [3.8, 4) is 0 Å². The molecular formula is C16H20N2O3. The van der Waals surface area contributed by atoms with Gasteiger partial charge in [-0.3, -0.25) is 9.59 Å². The zero-order valence-electron chi connectivity index (χ0n) is 11.9. The maximum absolute atomic E-state index is 12.4. The largest absolute Gasteiger partial charge is 0.481 e. The smallest absolute Gasteiger partial charge is 0.308 e. The molecule has 0 radical (unpaired) electrons. The molecule has 2 atom stereocenters. The highest BCUT2D eigenvalue weighted by atomic mass is 16.4. The predicted octanol–water partition coefficient (Wildman–Crippen LogP) is 1.91. The number of piperidine rings is 1. The molecule has 1 aromatic carbocycles. The van der Waals surface area contributed by atoms with Crippen LogP contribution in [0.2, 0.25) is 0 Å². The van der Waals surface area contributed by atoms with Gasteiger partial charge in [0.2, 0.25) is 5.91 Å². The van der Waals surface area contributed by atoms with Crippen LogP contribution in [0.3, 0.4) is 0 Å². The lowest BCUT2D eigenvalue weighted by molar-refractivity contribution is -0.145. The summed E-state index contributed by atoms with van der Waals surface area (Å²) >= 11 is 0. The topological polar surface area (TPSA) is 69.6 Å². The molecule has 1 amide bonds. The highest BCUT2D eigenvalue weighted by Gasteiger charge is 2.31. The maximum atomic E-state index is 12.4. The molecule has 112 valence electrons. The van der Waals surface area contributed by atoms with Crippen LogP contribution < -0.4 is 5.32 Å². The van der Waals surface area contributed by atoms with Gasteiger partial charge in [-0.25, -0.2) is 0 Å². The van der Waals surface area contributed by atoms with E-state index in [0.29, 0.717) is 25.9 Å². The lowest BCUT2D eigenvalue weighted by Crippen LogP contribution is -2.42. The highest BCUT2D eigenvalue weighted by molar-refractivity contribution is 5.79. The third-order valence-corrected chi connectivity index (χ3v) is 4.48. The third-order valence-electron chi connectivity index (χ3n) is 4.48. The highest BCUT2D eigenvalue weighted by Crippen LogP contribution is 2.33. The predicted molar refractivity (Wildman–Crippen MR) is 79.2 cm³/mol. The number of benzene rings is 1. The van der Waals surface area contributed by atoms with E-state index in [9.17, 15) is 9.59 Å². The Morgan fingerprint density at radius 3 is 2.95 bits per heavy atom. The van der Waals surface area contributed by atoms with Gasteiger partial charge >= 0.3 is 5.97 Å². The fraction of sp³-hybridized carbons (Fsp3) is 0.500. The van der Waals surface area contributed by atoms with Crippen LogP contribution in [0.1, 0.15) is 30.7 Å². The normalized spacial score (nSPS) is 24.3. The molecule has 21 heavy (non-hydrogen) atoms. The maximum Gasteiger partial charge on any atom is 0.308 e. The van der Waals surface area contributed by atoms with Gasteiger partial charge in [0.1, 0.15) is 0 Å². The Labute approximate surface area is 123 Å². The number of amides is 1.